The number of phenols is 1. The van der Waals surface area contributed by atoms with Crippen LogP contribution in [-0.2, 0) is 17.5 Å². The van der Waals surface area contributed by atoms with Crippen molar-refractivity contribution in [3.63, 3.8) is 0 Å². The van der Waals surface area contributed by atoms with Crippen molar-refractivity contribution in [1.82, 2.24) is 9.78 Å². The lowest BCUT2D eigenvalue weighted by Crippen LogP contribution is -2.21. The molecule has 1 amide bonds. The second-order valence-electron chi connectivity index (χ2n) is 5.58. The predicted octanol–water partition coefficient (Wildman–Crippen LogP) is 3.78. The Morgan fingerprint density at radius 3 is 2.71 bits per heavy atom. The number of rotatable bonds is 4. The normalized spacial score (nSPS) is 14.7. The van der Waals surface area contributed by atoms with Gasteiger partial charge in [-0.15, -0.1) is 0 Å². The van der Waals surface area contributed by atoms with Crippen molar-refractivity contribution >= 4 is 23.2 Å². The highest BCUT2D eigenvalue weighted by molar-refractivity contribution is 6.32. The summed E-state index contributed by atoms with van der Waals surface area (Å²) in [4.78, 5) is 12.1. The number of hydrogen-bond acceptors (Lipinski definition) is 3. The molecule has 24 heavy (non-hydrogen) atoms. The van der Waals surface area contributed by atoms with Crippen LogP contribution in [0.1, 0.15) is 30.1 Å². The Hall–Kier alpha value is -2.22. The van der Waals surface area contributed by atoms with E-state index in [4.69, 9.17) is 11.6 Å². The van der Waals surface area contributed by atoms with Gasteiger partial charge in [-0.05, 0) is 25.0 Å². The Morgan fingerprint density at radius 1 is 1.42 bits per heavy atom. The largest absolute Gasteiger partial charge is 0.508 e. The van der Waals surface area contributed by atoms with E-state index in [1.807, 2.05) is 0 Å². The third-order valence-electron chi connectivity index (χ3n) is 3.59. The standard InChI is InChI=1S/C15H13ClF3N3O2/c16-12-13(8-4-5-8)22(21-14(12)15(17,18)19)7-11(24)20-9-2-1-3-10(23)6-9/h1-3,6,8,23H,4-5,7H2,(H,20,24). The summed E-state index contributed by atoms with van der Waals surface area (Å²) >= 11 is 5.85. The van der Waals surface area contributed by atoms with Crippen LogP contribution in [-0.4, -0.2) is 20.8 Å². The first-order valence-corrected chi connectivity index (χ1v) is 7.56. The summed E-state index contributed by atoms with van der Waals surface area (Å²) in [5.41, 5.74) is -0.589. The van der Waals surface area contributed by atoms with Crippen molar-refractivity contribution in [2.24, 2.45) is 0 Å². The number of amides is 1. The zero-order valence-electron chi connectivity index (χ0n) is 12.3. The number of halogens is 4. The molecule has 1 heterocycles. The average molecular weight is 360 g/mol. The minimum absolute atomic E-state index is 0.0343. The summed E-state index contributed by atoms with van der Waals surface area (Å²) in [7, 11) is 0. The SMILES string of the molecule is O=C(Cn1nc(C(F)(F)F)c(Cl)c1C1CC1)Nc1cccc(O)c1. The highest BCUT2D eigenvalue weighted by atomic mass is 35.5. The fraction of sp³-hybridized carbons (Fsp3) is 0.333. The first-order valence-electron chi connectivity index (χ1n) is 7.18. The zero-order valence-corrected chi connectivity index (χ0v) is 13.0. The molecule has 0 saturated heterocycles. The lowest BCUT2D eigenvalue weighted by atomic mass is 10.2. The number of hydrogen-bond donors (Lipinski definition) is 2. The summed E-state index contributed by atoms with van der Waals surface area (Å²) in [5, 5.41) is 14.9. The number of nitrogens with one attached hydrogen (secondary N) is 1. The molecule has 0 unspecified atom stereocenters. The molecule has 1 saturated carbocycles. The van der Waals surface area contributed by atoms with E-state index in [0.29, 0.717) is 5.69 Å². The quantitative estimate of drug-likeness (QED) is 0.873. The molecule has 0 atom stereocenters. The van der Waals surface area contributed by atoms with E-state index in [9.17, 15) is 23.1 Å². The van der Waals surface area contributed by atoms with Crippen molar-refractivity contribution in [3.05, 3.63) is 40.7 Å². The molecule has 2 N–H and O–H groups in total. The molecule has 3 rings (SSSR count). The molecule has 1 aromatic carbocycles. The number of nitrogens with zero attached hydrogens (tertiary/aromatic N) is 2. The molecule has 1 fully saturated rings. The van der Waals surface area contributed by atoms with Gasteiger partial charge in [0, 0.05) is 17.7 Å². The predicted molar refractivity (Wildman–Crippen MR) is 81.0 cm³/mol. The first-order chi connectivity index (χ1) is 11.3. The van der Waals surface area contributed by atoms with Crippen molar-refractivity contribution < 1.29 is 23.1 Å². The summed E-state index contributed by atoms with van der Waals surface area (Å²) < 4.78 is 39.9. The Bertz CT molecular complexity index is 785. The van der Waals surface area contributed by atoms with Crippen molar-refractivity contribution in [3.8, 4) is 5.75 Å². The number of aromatic hydroxyl groups is 1. The minimum Gasteiger partial charge on any atom is -0.508 e. The maximum atomic E-state index is 13.0. The summed E-state index contributed by atoms with van der Waals surface area (Å²) in [6.07, 6.45) is -3.23. The van der Waals surface area contributed by atoms with Gasteiger partial charge in [-0.1, -0.05) is 17.7 Å². The topological polar surface area (TPSA) is 67.2 Å². The van der Waals surface area contributed by atoms with Crippen LogP contribution in [0.4, 0.5) is 18.9 Å². The third kappa shape index (κ3) is 3.48. The van der Waals surface area contributed by atoms with Crippen molar-refractivity contribution in [2.75, 3.05) is 5.32 Å². The molecule has 5 nitrogen and oxygen atoms in total. The van der Waals surface area contributed by atoms with Crippen LogP contribution in [0.25, 0.3) is 0 Å². The van der Waals surface area contributed by atoms with Gasteiger partial charge >= 0.3 is 6.18 Å². The molecule has 1 aromatic heterocycles. The van der Waals surface area contributed by atoms with Gasteiger partial charge < -0.3 is 10.4 Å². The molecule has 9 heteroatoms. The number of phenolic OH excluding ortho intramolecular Hbond substituents is 1. The monoisotopic (exact) mass is 359 g/mol. The molecule has 0 aliphatic heterocycles. The Morgan fingerprint density at radius 2 is 2.12 bits per heavy atom. The van der Waals surface area contributed by atoms with Crippen LogP contribution in [0, 0.1) is 0 Å². The van der Waals surface area contributed by atoms with E-state index in [1.165, 1.54) is 18.2 Å². The molecule has 1 aliphatic rings. The van der Waals surface area contributed by atoms with Crippen LogP contribution in [0.3, 0.4) is 0 Å². The van der Waals surface area contributed by atoms with E-state index < -0.39 is 29.3 Å². The van der Waals surface area contributed by atoms with E-state index in [-0.39, 0.29) is 17.4 Å². The molecule has 0 radical (unpaired) electrons. The molecular weight excluding hydrogens is 347 g/mol. The van der Waals surface area contributed by atoms with Gasteiger partial charge in [-0.3, -0.25) is 9.48 Å². The Kier molecular flexibility index (Phi) is 4.16. The van der Waals surface area contributed by atoms with Gasteiger partial charge in [-0.2, -0.15) is 18.3 Å². The molecule has 1 aliphatic carbocycles. The van der Waals surface area contributed by atoms with Gasteiger partial charge in [0.25, 0.3) is 0 Å². The van der Waals surface area contributed by atoms with E-state index in [1.54, 1.807) is 6.07 Å². The number of aromatic nitrogens is 2. The van der Waals surface area contributed by atoms with Gasteiger partial charge in [-0.25, -0.2) is 0 Å². The van der Waals surface area contributed by atoms with Gasteiger partial charge in [0.15, 0.2) is 5.69 Å². The van der Waals surface area contributed by atoms with Crippen LogP contribution in [0.15, 0.2) is 24.3 Å². The number of anilines is 1. The average Bonchev–Trinajstić information content (AvgIpc) is 3.23. The van der Waals surface area contributed by atoms with Gasteiger partial charge in [0.2, 0.25) is 5.91 Å². The van der Waals surface area contributed by atoms with Crippen LogP contribution in [0.5, 0.6) is 5.75 Å². The number of carbonyl (C=O) groups excluding carboxylic acids is 1. The zero-order chi connectivity index (χ0) is 17.5. The Balaban J connectivity index is 1.83. The number of benzene rings is 1. The molecular formula is C15H13ClF3N3O2. The second kappa shape index (κ2) is 6.01. The summed E-state index contributed by atoms with van der Waals surface area (Å²) in [6.45, 7) is -0.392. The van der Waals surface area contributed by atoms with Crippen LogP contribution >= 0.6 is 11.6 Å². The molecule has 0 spiro atoms. The highest BCUT2D eigenvalue weighted by Crippen LogP contribution is 2.46. The molecule has 128 valence electrons. The van der Waals surface area contributed by atoms with E-state index in [2.05, 4.69) is 10.4 Å². The third-order valence-corrected chi connectivity index (χ3v) is 3.96. The molecule has 2 aromatic rings. The maximum Gasteiger partial charge on any atom is 0.436 e. The fourth-order valence-corrected chi connectivity index (χ4v) is 2.82. The second-order valence-corrected chi connectivity index (χ2v) is 5.95. The summed E-state index contributed by atoms with van der Waals surface area (Å²) in [5.74, 6) is -0.696. The van der Waals surface area contributed by atoms with Crippen LogP contribution < -0.4 is 5.32 Å². The first kappa shape index (κ1) is 16.6. The minimum atomic E-state index is -4.67. The fourth-order valence-electron chi connectivity index (χ4n) is 2.42. The number of carbonyl (C=O) groups is 1. The molecule has 0 bridgehead atoms. The van der Waals surface area contributed by atoms with E-state index in [0.717, 1.165) is 17.5 Å². The van der Waals surface area contributed by atoms with Crippen LogP contribution in [0.2, 0.25) is 5.02 Å². The van der Waals surface area contributed by atoms with Gasteiger partial charge in [0.05, 0.1) is 10.7 Å². The lowest BCUT2D eigenvalue weighted by Gasteiger charge is -2.08. The van der Waals surface area contributed by atoms with Gasteiger partial charge in [0.1, 0.15) is 12.3 Å². The summed E-state index contributed by atoms with van der Waals surface area (Å²) in [6, 6.07) is 5.85. The lowest BCUT2D eigenvalue weighted by molar-refractivity contribution is -0.141. The van der Waals surface area contributed by atoms with Crippen molar-refractivity contribution in [2.45, 2.75) is 31.5 Å². The van der Waals surface area contributed by atoms with E-state index >= 15 is 0 Å². The smallest absolute Gasteiger partial charge is 0.436 e. The van der Waals surface area contributed by atoms with Crippen molar-refractivity contribution in [1.29, 1.82) is 0 Å². The highest BCUT2D eigenvalue weighted by Gasteiger charge is 2.42. The maximum absolute atomic E-state index is 13.0. The Labute approximate surface area is 140 Å². The number of alkyl halides is 3.